The van der Waals surface area contributed by atoms with Gasteiger partial charge in [0.15, 0.2) is 6.61 Å². The van der Waals surface area contributed by atoms with Crippen molar-refractivity contribution in [1.82, 2.24) is 5.32 Å². The van der Waals surface area contributed by atoms with Crippen molar-refractivity contribution < 1.29 is 22.7 Å². The number of hydrogen-bond acceptors (Lipinski definition) is 5. The minimum atomic E-state index is -3.95. The zero-order chi connectivity index (χ0) is 21.6. The molecule has 0 saturated heterocycles. The quantitative estimate of drug-likeness (QED) is 0.535. The molecule has 152 valence electrons. The van der Waals surface area contributed by atoms with E-state index >= 15 is 0 Å². The van der Waals surface area contributed by atoms with Crippen LogP contribution in [-0.2, 0) is 19.6 Å². The van der Waals surface area contributed by atoms with Gasteiger partial charge in [-0.05, 0) is 44.0 Å². The molecule has 2 aromatic rings. The lowest BCUT2D eigenvalue weighted by molar-refractivity contribution is -0.123. The molecular formula is C21H22N2O5S. The third-order valence-corrected chi connectivity index (χ3v) is 5.66. The van der Waals surface area contributed by atoms with Gasteiger partial charge in [-0.15, -0.1) is 6.42 Å². The van der Waals surface area contributed by atoms with Gasteiger partial charge in [-0.3, -0.25) is 9.52 Å². The Labute approximate surface area is 170 Å². The Morgan fingerprint density at radius 1 is 1.10 bits per heavy atom. The van der Waals surface area contributed by atoms with Crippen molar-refractivity contribution in [3.05, 3.63) is 58.7 Å². The van der Waals surface area contributed by atoms with Crippen LogP contribution >= 0.6 is 0 Å². The molecule has 0 saturated carbocycles. The Morgan fingerprint density at radius 3 is 2.34 bits per heavy atom. The number of aryl methyl sites for hydroxylation is 3. The second kappa shape index (κ2) is 9.26. The standard InChI is InChI=1S/C21H22N2O5S/c1-5-10-22-19(24)13-28-21(25)17-8-6-7-9-18(17)23-29(26,27)20-15(3)11-14(2)12-16(20)4/h1,6-9,11-12,23H,10,13H2,2-4H3,(H,22,24). The summed E-state index contributed by atoms with van der Waals surface area (Å²) in [6.07, 6.45) is 5.04. The SMILES string of the molecule is C#CCNC(=O)COC(=O)c1ccccc1NS(=O)(=O)c1c(C)cc(C)cc1C. The second-order valence-corrected chi connectivity index (χ2v) is 8.06. The fourth-order valence-corrected chi connectivity index (χ4v) is 4.48. The summed E-state index contributed by atoms with van der Waals surface area (Å²) in [4.78, 5) is 24.1. The normalized spacial score (nSPS) is 10.7. The first-order valence-electron chi connectivity index (χ1n) is 8.72. The Bertz CT molecular complexity index is 1060. The highest BCUT2D eigenvalue weighted by atomic mass is 32.2. The van der Waals surface area contributed by atoms with Gasteiger partial charge < -0.3 is 10.1 Å². The van der Waals surface area contributed by atoms with Crippen LogP contribution in [0.1, 0.15) is 27.0 Å². The number of esters is 1. The Hall–Kier alpha value is -3.31. The molecule has 8 heteroatoms. The minimum Gasteiger partial charge on any atom is -0.452 e. The Kier molecular flexibility index (Phi) is 7.02. The number of terminal acetylenes is 1. The highest BCUT2D eigenvalue weighted by molar-refractivity contribution is 7.92. The highest BCUT2D eigenvalue weighted by Gasteiger charge is 2.23. The van der Waals surface area contributed by atoms with Crippen LogP contribution in [0.4, 0.5) is 5.69 Å². The van der Waals surface area contributed by atoms with E-state index < -0.39 is 28.5 Å². The summed E-state index contributed by atoms with van der Waals surface area (Å²) in [5, 5.41) is 2.37. The van der Waals surface area contributed by atoms with Gasteiger partial charge in [0.1, 0.15) is 0 Å². The van der Waals surface area contributed by atoms with E-state index in [0.29, 0.717) is 11.1 Å². The molecule has 2 rings (SSSR count). The number of para-hydroxylation sites is 1. The molecule has 29 heavy (non-hydrogen) atoms. The number of anilines is 1. The molecule has 0 atom stereocenters. The molecule has 0 fully saturated rings. The lowest BCUT2D eigenvalue weighted by atomic mass is 10.1. The minimum absolute atomic E-state index is 0.0109. The van der Waals surface area contributed by atoms with Crippen molar-refractivity contribution >= 4 is 27.6 Å². The lowest BCUT2D eigenvalue weighted by Gasteiger charge is -2.15. The number of ether oxygens (including phenoxy) is 1. The van der Waals surface area contributed by atoms with E-state index in [-0.39, 0.29) is 22.7 Å². The molecule has 0 aliphatic carbocycles. The molecule has 0 bridgehead atoms. The summed E-state index contributed by atoms with van der Waals surface area (Å²) >= 11 is 0. The van der Waals surface area contributed by atoms with Gasteiger partial charge in [-0.2, -0.15) is 0 Å². The maximum Gasteiger partial charge on any atom is 0.340 e. The average molecular weight is 414 g/mol. The van der Waals surface area contributed by atoms with Gasteiger partial charge >= 0.3 is 5.97 Å². The van der Waals surface area contributed by atoms with E-state index in [4.69, 9.17) is 11.2 Å². The van der Waals surface area contributed by atoms with Gasteiger partial charge in [0, 0.05) is 0 Å². The smallest absolute Gasteiger partial charge is 0.340 e. The number of nitrogens with one attached hydrogen (secondary N) is 2. The number of carbonyl (C=O) groups excluding carboxylic acids is 2. The molecule has 0 aliphatic rings. The predicted octanol–water partition coefficient (Wildman–Crippen LogP) is 2.32. The van der Waals surface area contributed by atoms with Crippen LogP contribution in [-0.4, -0.2) is 33.4 Å². The zero-order valence-corrected chi connectivity index (χ0v) is 17.2. The summed E-state index contributed by atoms with van der Waals surface area (Å²) in [5.74, 6) is 0.840. The van der Waals surface area contributed by atoms with Crippen molar-refractivity contribution in [2.45, 2.75) is 25.7 Å². The number of sulfonamides is 1. The highest BCUT2D eigenvalue weighted by Crippen LogP contribution is 2.26. The fourth-order valence-electron chi connectivity index (χ4n) is 2.95. The monoisotopic (exact) mass is 414 g/mol. The number of amides is 1. The van der Waals surface area contributed by atoms with Gasteiger partial charge in [-0.1, -0.05) is 35.7 Å². The van der Waals surface area contributed by atoms with Crippen LogP contribution in [0.15, 0.2) is 41.3 Å². The van der Waals surface area contributed by atoms with E-state index in [1.165, 1.54) is 12.1 Å². The average Bonchev–Trinajstić information content (AvgIpc) is 2.63. The van der Waals surface area contributed by atoms with Crippen LogP contribution in [0.25, 0.3) is 0 Å². The van der Waals surface area contributed by atoms with Crippen molar-refractivity contribution in [3.63, 3.8) is 0 Å². The van der Waals surface area contributed by atoms with Gasteiger partial charge in [-0.25, -0.2) is 13.2 Å². The fraction of sp³-hybridized carbons (Fsp3) is 0.238. The molecule has 0 radical (unpaired) electrons. The van der Waals surface area contributed by atoms with E-state index in [1.54, 1.807) is 38.1 Å². The molecule has 0 unspecified atom stereocenters. The predicted molar refractivity (Wildman–Crippen MR) is 110 cm³/mol. The maximum atomic E-state index is 13.0. The third kappa shape index (κ3) is 5.59. The van der Waals surface area contributed by atoms with Crippen molar-refractivity contribution in [2.24, 2.45) is 0 Å². The molecule has 2 aromatic carbocycles. The molecular weight excluding hydrogens is 392 g/mol. The van der Waals surface area contributed by atoms with E-state index in [9.17, 15) is 18.0 Å². The largest absolute Gasteiger partial charge is 0.452 e. The van der Waals surface area contributed by atoms with Gasteiger partial charge in [0.25, 0.3) is 15.9 Å². The number of hydrogen-bond donors (Lipinski definition) is 2. The van der Waals surface area contributed by atoms with Crippen molar-refractivity contribution in [2.75, 3.05) is 17.9 Å². The first-order chi connectivity index (χ1) is 13.7. The van der Waals surface area contributed by atoms with E-state index in [0.717, 1.165) is 5.56 Å². The van der Waals surface area contributed by atoms with Crippen LogP contribution in [0.5, 0.6) is 0 Å². The number of benzene rings is 2. The molecule has 0 spiro atoms. The maximum absolute atomic E-state index is 13.0. The molecule has 0 heterocycles. The van der Waals surface area contributed by atoms with Crippen LogP contribution < -0.4 is 10.0 Å². The zero-order valence-electron chi connectivity index (χ0n) is 16.4. The third-order valence-electron chi connectivity index (χ3n) is 3.99. The summed E-state index contributed by atoms with van der Waals surface area (Å²) in [7, 11) is -3.95. The number of rotatable bonds is 7. The Balaban J connectivity index is 2.26. The molecule has 2 N–H and O–H groups in total. The molecule has 7 nitrogen and oxygen atoms in total. The Morgan fingerprint density at radius 2 is 1.72 bits per heavy atom. The molecule has 0 aliphatic heterocycles. The van der Waals surface area contributed by atoms with Crippen LogP contribution in [0.2, 0.25) is 0 Å². The van der Waals surface area contributed by atoms with Crippen LogP contribution in [0.3, 0.4) is 0 Å². The summed E-state index contributed by atoms with van der Waals surface area (Å²) in [6, 6.07) is 9.56. The van der Waals surface area contributed by atoms with Gasteiger partial charge in [0.05, 0.1) is 22.7 Å². The summed E-state index contributed by atoms with van der Waals surface area (Å²) < 4.78 is 33.3. The van der Waals surface area contributed by atoms with E-state index in [2.05, 4.69) is 16.0 Å². The first-order valence-corrected chi connectivity index (χ1v) is 10.2. The van der Waals surface area contributed by atoms with Crippen molar-refractivity contribution in [3.8, 4) is 12.3 Å². The summed E-state index contributed by atoms with van der Waals surface area (Å²) in [6.45, 7) is 4.79. The molecule has 1 amide bonds. The number of carbonyl (C=O) groups is 2. The van der Waals surface area contributed by atoms with Crippen molar-refractivity contribution in [1.29, 1.82) is 0 Å². The van der Waals surface area contributed by atoms with Crippen LogP contribution in [0, 0.1) is 33.1 Å². The topological polar surface area (TPSA) is 102 Å². The first kappa shape index (κ1) is 22.0. The second-order valence-electron chi connectivity index (χ2n) is 6.44. The summed E-state index contributed by atoms with van der Waals surface area (Å²) in [5.41, 5.74) is 2.19. The molecule has 0 aromatic heterocycles. The van der Waals surface area contributed by atoms with Gasteiger partial charge in [0.2, 0.25) is 0 Å². The van der Waals surface area contributed by atoms with E-state index in [1.807, 2.05) is 6.92 Å². The lowest BCUT2D eigenvalue weighted by Crippen LogP contribution is -2.29.